The zero-order chi connectivity index (χ0) is 18.7. The first kappa shape index (κ1) is 18.5. The fourth-order valence-electron chi connectivity index (χ4n) is 2.57. The molecule has 1 aliphatic rings. The molecule has 0 heterocycles. The van der Waals surface area contributed by atoms with E-state index >= 15 is 0 Å². The maximum Gasteiger partial charge on any atom is 0.251 e. The van der Waals surface area contributed by atoms with Crippen LogP contribution in [0, 0.1) is 5.92 Å². The van der Waals surface area contributed by atoms with Crippen LogP contribution in [0.1, 0.15) is 41.7 Å². The van der Waals surface area contributed by atoms with Crippen molar-refractivity contribution in [3.05, 3.63) is 59.7 Å². The van der Waals surface area contributed by atoms with Gasteiger partial charge in [0.2, 0.25) is 0 Å². The van der Waals surface area contributed by atoms with E-state index in [9.17, 15) is 13.2 Å². The van der Waals surface area contributed by atoms with Crippen LogP contribution in [0.3, 0.4) is 0 Å². The minimum Gasteiger partial charge on any atom is -0.493 e. The van der Waals surface area contributed by atoms with E-state index in [-0.39, 0.29) is 16.8 Å². The zero-order valence-electron chi connectivity index (χ0n) is 14.9. The molecule has 1 amide bonds. The molecular weight excluding hydrogens is 350 g/mol. The molecule has 0 unspecified atom stereocenters. The summed E-state index contributed by atoms with van der Waals surface area (Å²) in [4.78, 5) is 12.7. The number of hydrogen-bond acceptors (Lipinski definition) is 4. The molecule has 1 atom stereocenters. The predicted molar refractivity (Wildman–Crippen MR) is 100 cm³/mol. The first-order chi connectivity index (χ1) is 12.3. The van der Waals surface area contributed by atoms with Gasteiger partial charge in [0.25, 0.3) is 5.91 Å². The van der Waals surface area contributed by atoms with Gasteiger partial charge >= 0.3 is 0 Å². The number of ether oxygens (including phenoxy) is 1. The summed E-state index contributed by atoms with van der Waals surface area (Å²) in [7, 11) is -3.22. The summed E-state index contributed by atoms with van der Waals surface area (Å²) in [5.41, 5.74) is 1.40. The highest BCUT2D eigenvalue weighted by Gasteiger charge is 2.22. The average Bonchev–Trinajstić information content (AvgIpc) is 3.44. The van der Waals surface area contributed by atoms with Crippen molar-refractivity contribution >= 4 is 15.7 Å². The molecule has 0 bridgehead atoms. The van der Waals surface area contributed by atoms with Crippen molar-refractivity contribution < 1.29 is 17.9 Å². The van der Waals surface area contributed by atoms with E-state index in [1.54, 1.807) is 36.4 Å². The van der Waals surface area contributed by atoms with Crippen molar-refractivity contribution in [3.8, 4) is 5.75 Å². The van der Waals surface area contributed by atoms with Crippen LogP contribution in [0.5, 0.6) is 5.75 Å². The Morgan fingerprint density at radius 2 is 1.73 bits per heavy atom. The molecule has 6 heteroatoms. The lowest BCUT2D eigenvalue weighted by Crippen LogP contribution is -2.26. The fraction of sp³-hybridized carbons (Fsp3) is 0.350. The minimum absolute atomic E-state index is 0.182. The zero-order valence-corrected chi connectivity index (χ0v) is 15.8. The van der Waals surface area contributed by atoms with Gasteiger partial charge in [0.15, 0.2) is 9.84 Å². The Morgan fingerprint density at radius 1 is 1.12 bits per heavy atom. The van der Waals surface area contributed by atoms with E-state index in [1.807, 2.05) is 19.1 Å². The third-order valence-electron chi connectivity index (χ3n) is 4.45. The summed E-state index contributed by atoms with van der Waals surface area (Å²) in [5, 5.41) is 2.92. The van der Waals surface area contributed by atoms with E-state index in [0.717, 1.165) is 17.9 Å². The lowest BCUT2D eigenvalue weighted by molar-refractivity contribution is 0.0940. The number of sulfone groups is 1. The standard InChI is InChI=1S/C20H23NO4S/c1-14(16-7-11-19(12-8-16)26(2,23)24)21-20(22)17-5-9-18(10-6-17)25-13-15-3-4-15/h5-12,14-15H,3-4,13H2,1-2H3,(H,21,22)/t14-/m0/s1. The molecule has 26 heavy (non-hydrogen) atoms. The second-order valence-corrected chi connectivity index (χ2v) is 8.83. The molecule has 1 saturated carbocycles. The normalized spacial score (nSPS) is 15.3. The number of carbonyl (C=O) groups excluding carboxylic acids is 1. The fourth-order valence-corrected chi connectivity index (χ4v) is 3.20. The van der Waals surface area contributed by atoms with Gasteiger partial charge in [0, 0.05) is 11.8 Å². The van der Waals surface area contributed by atoms with Crippen molar-refractivity contribution in [2.75, 3.05) is 12.9 Å². The number of nitrogens with one attached hydrogen (secondary N) is 1. The summed E-state index contributed by atoms with van der Waals surface area (Å²) >= 11 is 0. The third-order valence-corrected chi connectivity index (χ3v) is 5.58. The van der Waals surface area contributed by atoms with Crippen LogP contribution in [-0.4, -0.2) is 27.2 Å². The highest BCUT2D eigenvalue weighted by atomic mass is 32.2. The van der Waals surface area contributed by atoms with Crippen molar-refractivity contribution in [2.24, 2.45) is 5.92 Å². The highest BCUT2D eigenvalue weighted by molar-refractivity contribution is 7.90. The van der Waals surface area contributed by atoms with Crippen LogP contribution < -0.4 is 10.1 Å². The van der Waals surface area contributed by atoms with Gasteiger partial charge in [0.05, 0.1) is 17.5 Å². The molecule has 0 saturated heterocycles. The van der Waals surface area contributed by atoms with Crippen LogP contribution >= 0.6 is 0 Å². The molecule has 1 N–H and O–H groups in total. The van der Waals surface area contributed by atoms with Gasteiger partial charge in [-0.2, -0.15) is 0 Å². The van der Waals surface area contributed by atoms with Crippen molar-refractivity contribution in [3.63, 3.8) is 0 Å². The van der Waals surface area contributed by atoms with Crippen molar-refractivity contribution in [1.82, 2.24) is 5.32 Å². The van der Waals surface area contributed by atoms with Crippen LogP contribution in [0.2, 0.25) is 0 Å². The Labute approximate surface area is 154 Å². The summed E-state index contributed by atoms with van der Waals surface area (Å²) in [6.45, 7) is 2.60. The van der Waals surface area contributed by atoms with Crippen molar-refractivity contribution in [2.45, 2.75) is 30.7 Å². The van der Waals surface area contributed by atoms with Gasteiger partial charge < -0.3 is 10.1 Å². The molecule has 1 aliphatic carbocycles. The number of hydrogen-bond donors (Lipinski definition) is 1. The summed E-state index contributed by atoms with van der Waals surface area (Å²) < 4.78 is 28.7. The maximum absolute atomic E-state index is 12.4. The Kier molecular flexibility index (Phi) is 5.32. The van der Waals surface area contributed by atoms with Crippen LogP contribution in [0.15, 0.2) is 53.4 Å². The average molecular weight is 373 g/mol. The summed E-state index contributed by atoms with van der Waals surface area (Å²) in [6, 6.07) is 13.4. The Morgan fingerprint density at radius 3 is 2.27 bits per heavy atom. The molecule has 5 nitrogen and oxygen atoms in total. The largest absolute Gasteiger partial charge is 0.493 e. The van der Waals surface area contributed by atoms with E-state index in [2.05, 4.69) is 5.32 Å². The molecule has 0 spiro atoms. The highest BCUT2D eigenvalue weighted by Crippen LogP contribution is 2.29. The molecule has 138 valence electrons. The van der Waals surface area contributed by atoms with Gasteiger partial charge in [-0.05, 0) is 67.6 Å². The molecule has 3 rings (SSSR count). The first-order valence-corrected chi connectivity index (χ1v) is 10.6. The van der Waals surface area contributed by atoms with Crippen LogP contribution in [0.25, 0.3) is 0 Å². The molecule has 1 fully saturated rings. The minimum atomic E-state index is -3.22. The monoisotopic (exact) mass is 373 g/mol. The third kappa shape index (κ3) is 4.85. The van der Waals surface area contributed by atoms with Gasteiger partial charge in [-0.15, -0.1) is 0 Å². The lowest BCUT2D eigenvalue weighted by atomic mass is 10.1. The van der Waals surface area contributed by atoms with Gasteiger partial charge in [0.1, 0.15) is 5.75 Å². The van der Waals surface area contributed by atoms with Gasteiger partial charge in [-0.1, -0.05) is 12.1 Å². The predicted octanol–water partition coefficient (Wildman–Crippen LogP) is 3.37. The Balaban J connectivity index is 1.59. The summed E-state index contributed by atoms with van der Waals surface area (Å²) in [6.07, 6.45) is 3.65. The first-order valence-electron chi connectivity index (χ1n) is 8.66. The second-order valence-electron chi connectivity index (χ2n) is 6.82. The molecule has 0 aliphatic heterocycles. The molecule has 0 aromatic heterocycles. The van der Waals surface area contributed by atoms with Crippen molar-refractivity contribution in [1.29, 1.82) is 0 Å². The van der Waals surface area contributed by atoms with E-state index in [4.69, 9.17) is 4.74 Å². The topological polar surface area (TPSA) is 72.5 Å². The van der Waals surface area contributed by atoms with E-state index in [1.165, 1.54) is 19.1 Å². The van der Waals surface area contributed by atoms with Gasteiger partial charge in [-0.3, -0.25) is 4.79 Å². The van der Waals surface area contributed by atoms with Crippen LogP contribution in [0.4, 0.5) is 0 Å². The number of carbonyl (C=O) groups is 1. The second kappa shape index (κ2) is 7.50. The van der Waals surface area contributed by atoms with Gasteiger partial charge in [-0.25, -0.2) is 8.42 Å². The molecule has 2 aromatic rings. The maximum atomic E-state index is 12.4. The van der Waals surface area contributed by atoms with Crippen LogP contribution in [-0.2, 0) is 9.84 Å². The lowest BCUT2D eigenvalue weighted by Gasteiger charge is -2.15. The Bertz CT molecular complexity index is 869. The quantitative estimate of drug-likeness (QED) is 0.808. The SMILES string of the molecule is C[C@H](NC(=O)c1ccc(OCC2CC2)cc1)c1ccc(S(C)(=O)=O)cc1. The number of amides is 1. The number of rotatable bonds is 7. The van der Waals surface area contributed by atoms with E-state index < -0.39 is 9.84 Å². The van der Waals surface area contributed by atoms with E-state index in [0.29, 0.717) is 11.5 Å². The molecule has 2 aromatic carbocycles. The number of benzene rings is 2. The molecular formula is C20H23NO4S. The molecule has 0 radical (unpaired) electrons. The Hall–Kier alpha value is -2.34. The summed E-state index contributed by atoms with van der Waals surface area (Å²) in [5.74, 6) is 1.28. The smallest absolute Gasteiger partial charge is 0.251 e.